The molecule has 7 nitrogen and oxygen atoms in total. The summed E-state index contributed by atoms with van der Waals surface area (Å²) in [5.41, 5.74) is -1.26. The van der Waals surface area contributed by atoms with Gasteiger partial charge in [0, 0.05) is 13.6 Å². The van der Waals surface area contributed by atoms with E-state index in [0.717, 1.165) is 23.1 Å². The standard InChI is InChI=1S/C21H22ClF4N3O4S/c1-13(20(31)27-2)28(11-14-4-7-16(23)8-5-14)19(30)12-29(34(3,32)33)18-10-15(21(24,25)26)6-9-17(18)22/h4-10,13H,11-12H2,1-3H3,(H,27,31)/t13-/m0/s1. The summed E-state index contributed by atoms with van der Waals surface area (Å²) in [5, 5.41) is 2.05. The largest absolute Gasteiger partial charge is 0.416 e. The number of hydrogen-bond acceptors (Lipinski definition) is 4. The first-order chi connectivity index (χ1) is 15.6. The van der Waals surface area contributed by atoms with Crippen LogP contribution < -0.4 is 9.62 Å². The lowest BCUT2D eigenvalue weighted by atomic mass is 10.1. The van der Waals surface area contributed by atoms with E-state index < -0.39 is 57.7 Å². The molecule has 2 aromatic rings. The molecule has 0 bridgehead atoms. The molecular weight excluding hydrogens is 502 g/mol. The summed E-state index contributed by atoms with van der Waals surface area (Å²) in [4.78, 5) is 26.5. The molecule has 13 heteroatoms. The first-order valence-electron chi connectivity index (χ1n) is 9.75. The third kappa shape index (κ3) is 6.83. The normalized spacial score (nSPS) is 12.7. The summed E-state index contributed by atoms with van der Waals surface area (Å²) in [6, 6.07) is 6.06. The molecule has 0 unspecified atom stereocenters. The highest BCUT2D eigenvalue weighted by molar-refractivity contribution is 7.92. The van der Waals surface area contributed by atoms with Gasteiger partial charge in [-0.15, -0.1) is 0 Å². The van der Waals surface area contributed by atoms with E-state index in [2.05, 4.69) is 5.32 Å². The second-order valence-corrected chi connectivity index (χ2v) is 9.69. The van der Waals surface area contributed by atoms with Gasteiger partial charge in [0.05, 0.1) is 22.5 Å². The van der Waals surface area contributed by atoms with E-state index in [9.17, 15) is 35.6 Å². The van der Waals surface area contributed by atoms with Gasteiger partial charge < -0.3 is 10.2 Å². The highest BCUT2D eigenvalue weighted by atomic mass is 35.5. The molecule has 0 saturated heterocycles. The van der Waals surface area contributed by atoms with Crippen LogP contribution in [0.15, 0.2) is 42.5 Å². The molecule has 1 N–H and O–H groups in total. The topological polar surface area (TPSA) is 86.8 Å². The average Bonchev–Trinajstić information content (AvgIpc) is 2.74. The molecule has 0 aliphatic carbocycles. The summed E-state index contributed by atoms with van der Waals surface area (Å²) < 4.78 is 78.2. The molecule has 2 aromatic carbocycles. The zero-order chi connectivity index (χ0) is 25.8. The lowest BCUT2D eigenvalue weighted by Crippen LogP contribution is -2.50. The van der Waals surface area contributed by atoms with Gasteiger partial charge in [0.15, 0.2) is 0 Å². The monoisotopic (exact) mass is 523 g/mol. The van der Waals surface area contributed by atoms with Crippen LogP contribution in [0.4, 0.5) is 23.2 Å². The van der Waals surface area contributed by atoms with E-state index in [4.69, 9.17) is 11.6 Å². The number of alkyl halides is 3. The Kier molecular flexibility index (Phi) is 8.54. The smallest absolute Gasteiger partial charge is 0.357 e. The van der Waals surface area contributed by atoms with Crippen molar-refractivity contribution in [3.8, 4) is 0 Å². The van der Waals surface area contributed by atoms with E-state index >= 15 is 0 Å². The molecule has 0 aliphatic rings. The molecule has 1 atom stereocenters. The number of sulfonamides is 1. The maximum Gasteiger partial charge on any atom is 0.416 e. The van der Waals surface area contributed by atoms with Crippen molar-refractivity contribution in [2.45, 2.75) is 25.7 Å². The first-order valence-corrected chi connectivity index (χ1v) is 12.0. The van der Waals surface area contributed by atoms with Crippen molar-refractivity contribution in [3.05, 3.63) is 64.4 Å². The fraction of sp³-hybridized carbons (Fsp3) is 0.333. The van der Waals surface area contributed by atoms with Gasteiger partial charge in [-0.1, -0.05) is 23.7 Å². The molecule has 0 heterocycles. The number of amides is 2. The molecular formula is C21H22ClF4N3O4S. The van der Waals surface area contributed by atoms with E-state index in [1.807, 2.05) is 0 Å². The summed E-state index contributed by atoms with van der Waals surface area (Å²) >= 11 is 5.99. The van der Waals surface area contributed by atoms with Gasteiger partial charge >= 0.3 is 6.18 Å². The fourth-order valence-corrected chi connectivity index (χ4v) is 4.18. The Labute approximate surface area is 199 Å². The Bertz CT molecular complexity index is 1160. The second kappa shape index (κ2) is 10.6. The maximum atomic E-state index is 13.3. The maximum absolute atomic E-state index is 13.3. The highest BCUT2D eigenvalue weighted by Gasteiger charge is 2.34. The van der Waals surface area contributed by atoms with E-state index in [0.29, 0.717) is 28.3 Å². The molecule has 2 amide bonds. The van der Waals surface area contributed by atoms with Gasteiger partial charge in [-0.05, 0) is 42.8 Å². The lowest BCUT2D eigenvalue weighted by molar-refractivity contribution is -0.139. The van der Waals surface area contributed by atoms with Gasteiger partial charge in [0.25, 0.3) is 0 Å². The van der Waals surface area contributed by atoms with Gasteiger partial charge in [-0.25, -0.2) is 12.8 Å². The van der Waals surface area contributed by atoms with Gasteiger partial charge in [-0.2, -0.15) is 13.2 Å². The number of carbonyl (C=O) groups excluding carboxylic acids is 2. The van der Waals surface area contributed by atoms with Crippen molar-refractivity contribution in [1.82, 2.24) is 10.2 Å². The van der Waals surface area contributed by atoms with E-state index in [-0.39, 0.29) is 11.6 Å². The predicted octanol–water partition coefficient (Wildman–Crippen LogP) is 3.43. The number of likely N-dealkylation sites (N-methyl/N-ethyl adjacent to an activating group) is 1. The predicted molar refractivity (Wildman–Crippen MR) is 119 cm³/mol. The van der Waals surface area contributed by atoms with Crippen LogP contribution in [0.25, 0.3) is 0 Å². The van der Waals surface area contributed by atoms with E-state index in [1.54, 1.807) is 0 Å². The zero-order valence-electron chi connectivity index (χ0n) is 18.4. The number of hydrogen-bond donors (Lipinski definition) is 1. The van der Waals surface area contributed by atoms with Crippen molar-refractivity contribution in [1.29, 1.82) is 0 Å². The number of rotatable bonds is 8. The van der Waals surface area contributed by atoms with Crippen LogP contribution in [0.3, 0.4) is 0 Å². The number of benzene rings is 2. The molecule has 34 heavy (non-hydrogen) atoms. The zero-order valence-corrected chi connectivity index (χ0v) is 19.9. The van der Waals surface area contributed by atoms with Crippen LogP contribution in [-0.2, 0) is 32.3 Å². The molecule has 0 radical (unpaired) electrons. The summed E-state index contributed by atoms with van der Waals surface area (Å²) in [7, 11) is -2.94. The Hall–Kier alpha value is -2.86. The van der Waals surface area contributed by atoms with Crippen LogP contribution in [0.5, 0.6) is 0 Å². The fourth-order valence-electron chi connectivity index (χ4n) is 3.05. The molecule has 0 saturated carbocycles. The molecule has 186 valence electrons. The van der Waals surface area contributed by atoms with Crippen LogP contribution in [0.1, 0.15) is 18.1 Å². The Morgan fingerprint density at radius 2 is 1.71 bits per heavy atom. The van der Waals surface area contributed by atoms with Crippen molar-refractivity contribution < 1.29 is 35.6 Å². The summed E-state index contributed by atoms with van der Waals surface area (Å²) in [6.07, 6.45) is -4.07. The summed E-state index contributed by atoms with van der Waals surface area (Å²) in [5.74, 6) is -1.98. The molecule has 0 aromatic heterocycles. The highest BCUT2D eigenvalue weighted by Crippen LogP contribution is 2.36. The first kappa shape index (κ1) is 27.4. The number of nitrogens with zero attached hydrogens (tertiary/aromatic N) is 2. The van der Waals surface area contributed by atoms with Crippen LogP contribution >= 0.6 is 11.6 Å². The van der Waals surface area contributed by atoms with Crippen molar-refractivity contribution in [2.75, 3.05) is 24.2 Å². The third-order valence-electron chi connectivity index (χ3n) is 4.90. The van der Waals surface area contributed by atoms with Gasteiger partial charge in [-0.3, -0.25) is 13.9 Å². The minimum absolute atomic E-state index is 0.193. The molecule has 0 spiro atoms. The van der Waals surface area contributed by atoms with Gasteiger partial charge in [0.2, 0.25) is 21.8 Å². The van der Waals surface area contributed by atoms with E-state index in [1.165, 1.54) is 26.1 Å². The average molecular weight is 524 g/mol. The summed E-state index contributed by atoms with van der Waals surface area (Å²) in [6.45, 7) is 0.270. The van der Waals surface area contributed by atoms with Crippen LogP contribution in [0, 0.1) is 5.82 Å². The Morgan fingerprint density at radius 3 is 2.21 bits per heavy atom. The number of halogens is 5. The minimum atomic E-state index is -4.78. The molecule has 2 rings (SSSR count). The lowest BCUT2D eigenvalue weighted by Gasteiger charge is -2.31. The van der Waals surface area contributed by atoms with Crippen molar-refractivity contribution in [3.63, 3.8) is 0 Å². The Balaban J connectivity index is 2.48. The number of nitrogens with one attached hydrogen (secondary N) is 1. The van der Waals surface area contributed by atoms with Crippen molar-refractivity contribution in [2.24, 2.45) is 0 Å². The number of anilines is 1. The van der Waals surface area contributed by atoms with Gasteiger partial charge in [0.1, 0.15) is 18.4 Å². The third-order valence-corrected chi connectivity index (χ3v) is 6.35. The molecule has 0 fully saturated rings. The second-order valence-electron chi connectivity index (χ2n) is 7.37. The minimum Gasteiger partial charge on any atom is -0.357 e. The quantitative estimate of drug-likeness (QED) is 0.537. The van der Waals surface area contributed by atoms with Crippen LogP contribution in [0.2, 0.25) is 5.02 Å². The number of carbonyl (C=O) groups is 2. The Morgan fingerprint density at radius 1 is 1.12 bits per heavy atom. The SMILES string of the molecule is CNC(=O)[C@H](C)N(Cc1ccc(F)cc1)C(=O)CN(c1cc(C(F)(F)F)ccc1Cl)S(C)(=O)=O. The van der Waals surface area contributed by atoms with Crippen molar-refractivity contribution >= 4 is 39.1 Å². The molecule has 0 aliphatic heterocycles. The van der Waals surface area contributed by atoms with Crippen LogP contribution in [-0.4, -0.2) is 51.0 Å².